The van der Waals surface area contributed by atoms with E-state index in [-0.39, 0.29) is 0 Å². The lowest BCUT2D eigenvalue weighted by atomic mass is 10.1. The number of nitrogens with zero attached hydrogens (tertiary/aromatic N) is 3. The highest BCUT2D eigenvalue weighted by molar-refractivity contribution is 5.61. The van der Waals surface area contributed by atoms with Crippen LogP contribution in [0.4, 0.5) is 0 Å². The Morgan fingerprint density at radius 1 is 1.07 bits per heavy atom. The van der Waals surface area contributed by atoms with E-state index in [1.807, 2.05) is 12.1 Å². The summed E-state index contributed by atoms with van der Waals surface area (Å²) in [7, 11) is 0. The molecule has 4 nitrogen and oxygen atoms in total. The van der Waals surface area contributed by atoms with E-state index in [2.05, 4.69) is 15.2 Å². The van der Waals surface area contributed by atoms with Crippen LogP contribution in [-0.2, 0) is 6.54 Å². The molecule has 0 aliphatic carbocycles. The predicted molar refractivity (Wildman–Crippen MR) is 53.2 cm³/mol. The zero-order valence-electron chi connectivity index (χ0n) is 7.59. The quantitative estimate of drug-likeness (QED) is 0.759. The van der Waals surface area contributed by atoms with Gasteiger partial charge in [-0.15, -0.1) is 0 Å². The molecule has 0 aromatic carbocycles. The van der Waals surface area contributed by atoms with Crippen molar-refractivity contribution in [1.29, 1.82) is 0 Å². The Labute approximate surface area is 81.8 Å². The van der Waals surface area contributed by atoms with Crippen molar-refractivity contribution in [1.82, 2.24) is 15.2 Å². The van der Waals surface area contributed by atoms with Crippen molar-refractivity contribution in [2.45, 2.75) is 6.54 Å². The largest absolute Gasteiger partial charge is 0.326 e. The Balaban J connectivity index is 2.42. The zero-order chi connectivity index (χ0) is 9.80. The van der Waals surface area contributed by atoms with E-state index in [0.29, 0.717) is 6.54 Å². The van der Waals surface area contributed by atoms with Gasteiger partial charge in [0.2, 0.25) is 0 Å². The molecule has 0 aliphatic rings. The Bertz CT molecular complexity index is 413. The number of hydrogen-bond donors (Lipinski definition) is 1. The Morgan fingerprint density at radius 3 is 2.71 bits per heavy atom. The van der Waals surface area contributed by atoms with Crippen molar-refractivity contribution in [3.05, 3.63) is 42.5 Å². The molecule has 2 rings (SSSR count). The molecule has 14 heavy (non-hydrogen) atoms. The first-order valence-electron chi connectivity index (χ1n) is 4.31. The molecule has 0 unspecified atom stereocenters. The summed E-state index contributed by atoms with van der Waals surface area (Å²) >= 11 is 0. The van der Waals surface area contributed by atoms with Gasteiger partial charge in [-0.1, -0.05) is 0 Å². The van der Waals surface area contributed by atoms with Crippen LogP contribution < -0.4 is 5.73 Å². The van der Waals surface area contributed by atoms with Crippen LogP contribution >= 0.6 is 0 Å². The van der Waals surface area contributed by atoms with Gasteiger partial charge in [0.25, 0.3) is 0 Å². The molecule has 0 bridgehead atoms. The van der Waals surface area contributed by atoms with Gasteiger partial charge in [-0.05, 0) is 17.7 Å². The minimum atomic E-state index is 0.499. The van der Waals surface area contributed by atoms with E-state index in [0.717, 1.165) is 16.7 Å². The molecule has 70 valence electrons. The van der Waals surface area contributed by atoms with Crippen molar-refractivity contribution >= 4 is 0 Å². The molecule has 0 radical (unpaired) electrons. The molecule has 2 aromatic rings. The summed E-state index contributed by atoms with van der Waals surface area (Å²) in [5.41, 5.74) is 8.56. The highest BCUT2D eigenvalue weighted by Gasteiger charge is 1.98. The van der Waals surface area contributed by atoms with E-state index in [1.165, 1.54) is 0 Å². The molecule has 2 heterocycles. The zero-order valence-corrected chi connectivity index (χ0v) is 7.59. The Kier molecular flexibility index (Phi) is 2.46. The molecule has 2 aromatic heterocycles. The van der Waals surface area contributed by atoms with Crippen LogP contribution in [-0.4, -0.2) is 15.2 Å². The van der Waals surface area contributed by atoms with Crippen molar-refractivity contribution in [3.63, 3.8) is 0 Å². The standard InChI is InChI=1S/C10H10N4/c11-4-8-3-10(6-12-5-8)9-1-2-13-14-7-9/h1-3,5-7H,4,11H2. The summed E-state index contributed by atoms with van der Waals surface area (Å²) in [4.78, 5) is 4.10. The molecule has 0 saturated heterocycles. The fourth-order valence-corrected chi connectivity index (χ4v) is 1.22. The second-order valence-corrected chi connectivity index (χ2v) is 2.92. The lowest BCUT2D eigenvalue weighted by Gasteiger charge is -2.01. The number of hydrogen-bond acceptors (Lipinski definition) is 4. The van der Waals surface area contributed by atoms with Crippen LogP contribution in [0.2, 0.25) is 0 Å². The molecule has 2 N–H and O–H groups in total. The number of pyridine rings is 1. The second-order valence-electron chi connectivity index (χ2n) is 2.92. The van der Waals surface area contributed by atoms with Crippen molar-refractivity contribution in [3.8, 4) is 11.1 Å². The topological polar surface area (TPSA) is 64.7 Å². The molecular weight excluding hydrogens is 176 g/mol. The summed E-state index contributed by atoms with van der Waals surface area (Å²) in [6, 6.07) is 3.90. The minimum absolute atomic E-state index is 0.499. The number of nitrogens with two attached hydrogens (primary N) is 1. The van der Waals surface area contributed by atoms with Gasteiger partial charge in [-0.3, -0.25) is 4.98 Å². The van der Waals surface area contributed by atoms with Gasteiger partial charge >= 0.3 is 0 Å². The van der Waals surface area contributed by atoms with Gasteiger partial charge in [0.1, 0.15) is 0 Å². The maximum atomic E-state index is 5.53. The van der Waals surface area contributed by atoms with Crippen LogP contribution in [0.3, 0.4) is 0 Å². The van der Waals surface area contributed by atoms with E-state index < -0.39 is 0 Å². The smallest absolute Gasteiger partial charge is 0.0575 e. The molecule has 0 aliphatic heterocycles. The summed E-state index contributed by atoms with van der Waals surface area (Å²) < 4.78 is 0. The lowest BCUT2D eigenvalue weighted by Crippen LogP contribution is -1.97. The first-order chi connectivity index (χ1) is 6.90. The average Bonchev–Trinajstić information content (AvgIpc) is 2.30. The number of rotatable bonds is 2. The average molecular weight is 186 g/mol. The third-order valence-electron chi connectivity index (χ3n) is 1.95. The van der Waals surface area contributed by atoms with Crippen LogP contribution in [0.1, 0.15) is 5.56 Å². The van der Waals surface area contributed by atoms with Gasteiger partial charge in [0.05, 0.1) is 12.4 Å². The van der Waals surface area contributed by atoms with Gasteiger partial charge in [0, 0.05) is 30.1 Å². The van der Waals surface area contributed by atoms with Gasteiger partial charge < -0.3 is 5.73 Å². The van der Waals surface area contributed by atoms with Crippen LogP contribution in [0, 0.1) is 0 Å². The van der Waals surface area contributed by atoms with Gasteiger partial charge in [-0.2, -0.15) is 10.2 Å². The molecule has 0 fully saturated rings. The third-order valence-corrected chi connectivity index (χ3v) is 1.95. The molecule has 0 amide bonds. The molecule has 0 saturated carbocycles. The Hall–Kier alpha value is -1.81. The monoisotopic (exact) mass is 186 g/mol. The molecule has 4 heteroatoms. The first-order valence-corrected chi connectivity index (χ1v) is 4.31. The maximum Gasteiger partial charge on any atom is 0.0575 e. The lowest BCUT2D eigenvalue weighted by molar-refractivity contribution is 1.03. The summed E-state index contributed by atoms with van der Waals surface area (Å²) in [6.07, 6.45) is 6.91. The fraction of sp³-hybridized carbons (Fsp3) is 0.100. The van der Waals surface area contributed by atoms with Gasteiger partial charge in [0.15, 0.2) is 0 Å². The fourth-order valence-electron chi connectivity index (χ4n) is 1.22. The highest BCUT2D eigenvalue weighted by Crippen LogP contribution is 2.16. The minimum Gasteiger partial charge on any atom is -0.326 e. The first kappa shape index (κ1) is 8.77. The maximum absolute atomic E-state index is 5.53. The second kappa shape index (κ2) is 3.93. The predicted octanol–water partition coefficient (Wildman–Crippen LogP) is 0.997. The number of aromatic nitrogens is 3. The summed E-state index contributed by atoms with van der Waals surface area (Å²) in [6.45, 7) is 0.499. The third kappa shape index (κ3) is 1.75. The molecule has 0 atom stereocenters. The molecule has 0 spiro atoms. The van der Waals surface area contributed by atoms with E-state index in [4.69, 9.17) is 5.73 Å². The van der Waals surface area contributed by atoms with Gasteiger partial charge in [-0.25, -0.2) is 0 Å². The summed E-state index contributed by atoms with van der Waals surface area (Å²) in [5.74, 6) is 0. The van der Waals surface area contributed by atoms with Crippen LogP contribution in [0.15, 0.2) is 36.9 Å². The van der Waals surface area contributed by atoms with E-state index in [1.54, 1.807) is 24.8 Å². The van der Waals surface area contributed by atoms with E-state index >= 15 is 0 Å². The van der Waals surface area contributed by atoms with Crippen LogP contribution in [0.25, 0.3) is 11.1 Å². The van der Waals surface area contributed by atoms with Crippen LogP contribution in [0.5, 0.6) is 0 Å². The normalized spacial score (nSPS) is 10.1. The SMILES string of the molecule is NCc1cncc(-c2ccnnc2)c1. The molecular formula is C10H10N4. The van der Waals surface area contributed by atoms with Crippen molar-refractivity contribution < 1.29 is 0 Å². The van der Waals surface area contributed by atoms with E-state index in [9.17, 15) is 0 Å². The summed E-state index contributed by atoms with van der Waals surface area (Å²) in [5, 5.41) is 7.53. The Morgan fingerprint density at radius 2 is 2.00 bits per heavy atom. The van der Waals surface area contributed by atoms with Crippen molar-refractivity contribution in [2.24, 2.45) is 5.73 Å². The highest BCUT2D eigenvalue weighted by atomic mass is 15.1. The van der Waals surface area contributed by atoms with Crippen molar-refractivity contribution in [2.75, 3.05) is 0 Å².